The minimum Gasteiger partial charge on any atom is -0.490 e. The number of thioether (sulfide) groups is 1. The van der Waals surface area contributed by atoms with Crippen LogP contribution in [0, 0.1) is 0 Å². The van der Waals surface area contributed by atoms with Crippen molar-refractivity contribution in [3.05, 3.63) is 129 Å². The first-order valence-electron chi connectivity index (χ1n) is 11.7. The third-order valence-electron chi connectivity index (χ3n) is 6.15. The second-order valence-electron chi connectivity index (χ2n) is 8.91. The van der Waals surface area contributed by atoms with Gasteiger partial charge in [-0.05, 0) is 51.3 Å². The molecule has 0 saturated heterocycles. The molecule has 182 valence electrons. The normalized spacial score (nSPS) is 17.0. The highest BCUT2D eigenvalue weighted by atomic mass is 79.9. The van der Waals surface area contributed by atoms with Gasteiger partial charge in [0.05, 0.1) is 10.0 Å². The largest absolute Gasteiger partial charge is 0.490 e. The number of rotatable bonds is 8. The second kappa shape index (κ2) is 11.3. The van der Waals surface area contributed by atoms with Gasteiger partial charge in [-0.15, -0.1) is 11.8 Å². The fraction of sp³-hybridized carbons (Fsp3) is 0.167. The van der Waals surface area contributed by atoms with E-state index in [-0.39, 0.29) is 5.78 Å². The second-order valence-corrected chi connectivity index (χ2v) is 12.1. The number of fused-ring (bicyclic) bond motifs is 1. The Kier molecular flexibility index (Phi) is 7.96. The molecule has 0 saturated carbocycles. The fourth-order valence-electron chi connectivity index (χ4n) is 4.53. The third-order valence-corrected chi connectivity index (χ3v) is 8.53. The summed E-state index contributed by atoms with van der Waals surface area (Å²) in [6, 6.07) is 34.8. The van der Waals surface area contributed by atoms with Gasteiger partial charge in [-0.25, -0.2) is 0 Å². The summed E-state index contributed by atoms with van der Waals surface area (Å²) in [7, 11) is 0. The van der Waals surface area contributed by atoms with Crippen LogP contribution in [0.4, 0.5) is 0 Å². The van der Waals surface area contributed by atoms with Crippen molar-refractivity contribution in [3.8, 4) is 5.75 Å². The Morgan fingerprint density at radius 1 is 0.806 bits per heavy atom. The van der Waals surface area contributed by atoms with E-state index in [0.717, 1.165) is 26.9 Å². The van der Waals surface area contributed by atoms with E-state index < -0.39 is 4.75 Å². The summed E-state index contributed by atoms with van der Waals surface area (Å²) < 4.78 is 7.15. The summed E-state index contributed by atoms with van der Waals surface area (Å²) in [4.78, 5) is 17.7. The molecule has 4 aromatic carbocycles. The number of ether oxygens (including phenoxy) is 1. The van der Waals surface area contributed by atoms with Gasteiger partial charge in [0.1, 0.15) is 17.1 Å². The third kappa shape index (κ3) is 5.78. The average molecular weight is 623 g/mol. The Balaban J connectivity index is 1.54. The Labute approximate surface area is 233 Å². The molecule has 1 aliphatic rings. The summed E-state index contributed by atoms with van der Waals surface area (Å²) in [6.45, 7) is 2.29. The average Bonchev–Trinajstić information content (AvgIpc) is 2.88. The number of benzene rings is 4. The van der Waals surface area contributed by atoms with Crippen molar-refractivity contribution < 1.29 is 9.53 Å². The van der Waals surface area contributed by atoms with E-state index in [0.29, 0.717) is 24.5 Å². The van der Waals surface area contributed by atoms with Gasteiger partial charge in [0, 0.05) is 29.0 Å². The van der Waals surface area contributed by atoms with Crippen molar-refractivity contribution in [2.75, 3.05) is 13.2 Å². The quantitative estimate of drug-likeness (QED) is 0.199. The van der Waals surface area contributed by atoms with E-state index in [4.69, 9.17) is 4.74 Å². The van der Waals surface area contributed by atoms with Gasteiger partial charge in [-0.3, -0.25) is 9.69 Å². The maximum atomic E-state index is 14.3. The smallest absolute Gasteiger partial charge is 0.187 e. The van der Waals surface area contributed by atoms with Gasteiger partial charge in [0.2, 0.25) is 0 Å². The first kappa shape index (κ1) is 25.3. The molecule has 0 aromatic heterocycles. The van der Waals surface area contributed by atoms with Crippen molar-refractivity contribution in [1.82, 2.24) is 4.90 Å². The van der Waals surface area contributed by atoms with Crippen molar-refractivity contribution in [1.29, 1.82) is 0 Å². The Bertz CT molecular complexity index is 1290. The van der Waals surface area contributed by atoms with Crippen LogP contribution in [0.2, 0.25) is 0 Å². The molecule has 0 radical (unpaired) electrons. The van der Waals surface area contributed by atoms with Crippen LogP contribution in [-0.2, 0) is 13.1 Å². The predicted molar refractivity (Wildman–Crippen MR) is 154 cm³/mol. The number of halogens is 2. The maximum absolute atomic E-state index is 14.3. The molecule has 0 aliphatic carbocycles. The van der Waals surface area contributed by atoms with E-state index in [2.05, 4.69) is 97.4 Å². The van der Waals surface area contributed by atoms with E-state index in [9.17, 15) is 4.79 Å². The molecule has 0 spiro atoms. The molecular weight excluding hydrogens is 598 g/mol. The van der Waals surface area contributed by atoms with Crippen LogP contribution in [0.3, 0.4) is 0 Å². The highest BCUT2D eigenvalue weighted by molar-refractivity contribution is 9.11. The number of carbonyl (C=O) groups is 1. The molecule has 1 atom stereocenters. The minimum absolute atomic E-state index is 0.0886. The van der Waals surface area contributed by atoms with Crippen LogP contribution in [0.15, 0.2) is 117 Å². The number of hydrogen-bond acceptors (Lipinski definition) is 4. The van der Waals surface area contributed by atoms with Crippen LogP contribution >= 0.6 is 43.6 Å². The number of hydrogen-bond donors (Lipinski definition) is 0. The minimum atomic E-state index is -0.807. The van der Waals surface area contributed by atoms with Crippen LogP contribution in [0.25, 0.3) is 0 Å². The lowest BCUT2D eigenvalue weighted by Crippen LogP contribution is -2.52. The zero-order valence-electron chi connectivity index (χ0n) is 19.6. The van der Waals surface area contributed by atoms with E-state index >= 15 is 0 Å². The molecule has 0 bridgehead atoms. The zero-order valence-corrected chi connectivity index (χ0v) is 23.6. The molecule has 0 N–H and O–H groups in total. The summed E-state index contributed by atoms with van der Waals surface area (Å²) in [5.41, 5.74) is 3.03. The molecule has 4 aromatic rings. The Morgan fingerprint density at radius 2 is 1.36 bits per heavy atom. The fourth-order valence-corrected chi connectivity index (χ4v) is 7.18. The van der Waals surface area contributed by atoms with Crippen molar-refractivity contribution in [3.63, 3.8) is 0 Å². The Hall–Kier alpha value is -2.38. The summed E-state index contributed by atoms with van der Waals surface area (Å²) in [6.07, 6.45) is 0. The summed E-state index contributed by atoms with van der Waals surface area (Å²) in [5.74, 6) is 0.705. The highest BCUT2D eigenvalue weighted by Crippen LogP contribution is 2.45. The Morgan fingerprint density at radius 3 is 1.94 bits per heavy atom. The summed E-state index contributed by atoms with van der Waals surface area (Å²) in [5, 5.41) is 0. The topological polar surface area (TPSA) is 29.5 Å². The number of nitrogens with zero attached hydrogens (tertiary/aromatic N) is 1. The predicted octanol–water partition coefficient (Wildman–Crippen LogP) is 8.02. The molecule has 6 heteroatoms. The SMILES string of the molecule is O=C1c2cc(Br)cc(Br)c2OCC1(CN(Cc1ccccc1)Cc1ccccc1)Sc1ccccc1. The molecular formula is C30H25Br2NO2S. The standard InChI is InChI=1S/C30H25Br2NO2S/c31-24-16-26-28(27(32)17-24)35-21-30(29(26)34,36-25-14-8-3-9-15-25)20-33(18-22-10-4-1-5-11-22)19-23-12-6-2-7-13-23/h1-17H,18-21H2. The van der Waals surface area contributed by atoms with Gasteiger partial charge in [-0.1, -0.05) is 94.8 Å². The molecule has 1 heterocycles. The van der Waals surface area contributed by atoms with Gasteiger partial charge in [0.15, 0.2) is 5.78 Å². The molecule has 36 heavy (non-hydrogen) atoms. The molecule has 0 fully saturated rings. The van der Waals surface area contributed by atoms with Crippen LogP contribution in [-0.4, -0.2) is 28.6 Å². The van der Waals surface area contributed by atoms with Gasteiger partial charge in [-0.2, -0.15) is 0 Å². The first-order chi connectivity index (χ1) is 17.5. The molecule has 0 amide bonds. The lowest BCUT2D eigenvalue weighted by molar-refractivity contribution is 0.0808. The van der Waals surface area contributed by atoms with Crippen LogP contribution in [0.1, 0.15) is 21.5 Å². The first-order valence-corrected chi connectivity index (χ1v) is 14.1. The van der Waals surface area contributed by atoms with Crippen molar-refractivity contribution in [2.45, 2.75) is 22.7 Å². The lowest BCUT2D eigenvalue weighted by atomic mass is 9.93. The number of Topliss-reactive ketones (excluding diaryl/α,β-unsaturated/α-hetero) is 1. The molecule has 3 nitrogen and oxygen atoms in total. The van der Waals surface area contributed by atoms with E-state index in [1.54, 1.807) is 11.8 Å². The lowest BCUT2D eigenvalue weighted by Gasteiger charge is -2.40. The van der Waals surface area contributed by atoms with Crippen LogP contribution < -0.4 is 4.74 Å². The summed E-state index contributed by atoms with van der Waals surface area (Å²) >= 11 is 8.74. The number of ketones is 1. The van der Waals surface area contributed by atoms with Gasteiger partial charge >= 0.3 is 0 Å². The van der Waals surface area contributed by atoms with E-state index in [1.165, 1.54) is 11.1 Å². The van der Waals surface area contributed by atoms with Crippen LogP contribution in [0.5, 0.6) is 5.75 Å². The van der Waals surface area contributed by atoms with Crippen molar-refractivity contribution >= 4 is 49.4 Å². The monoisotopic (exact) mass is 621 g/mol. The number of carbonyl (C=O) groups excluding carboxylic acids is 1. The maximum Gasteiger partial charge on any atom is 0.187 e. The molecule has 1 unspecified atom stereocenters. The zero-order chi connectivity index (χ0) is 25.0. The van der Waals surface area contributed by atoms with Gasteiger partial charge < -0.3 is 4.74 Å². The highest BCUT2D eigenvalue weighted by Gasteiger charge is 2.47. The van der Waals surface area contributed by atoms with Crippen molar-refractivity contribution in [2.24, 2.45) is 0 Å². The molecule has 5 rings (SSSR count). The van der Waals surface area contributed by atoms with Gasteiger partial charge in [0.25, 0.3) is 0 Å². The van der Waals surface area contributed by atoms with E-state index in [1.807, 2.05) is 42.5 Å². The molecule has 1 aliphatic heterocycles.